The Labute approximate surface area is 141 Å². The lowest BCUT2D eigenvalue weighted by atomic mass is 10.1. The fraction of sp³-hybridized carbons (Fsp3) is 0.176. The average molecular weight is 337 g/mol. The monoisotopic (exact) mass is 337 g/mol. The van der Waals surface area contributed by atoms with E-state index in [0.717, 1.165) is 38.9 Å². The molecule has 0 unspecified atom stereocenters. The largest absolute Gasteiger partial charge is 0.353 e. The van der Waals surface area contributed by atoms with Gasteiger partial charge in [0.25, 0.3) is 5.91 Å². The molecule has 4 aromatic rings. The van der Waals surface area contributed by atoms with E-state index in [1.165, 1.54) is 11.3 Å². The van der Waals surface area contributed by atoms with E-state index >= 15 is 0 Å². The highest BCUT2D eigenvalue weighted by molar-refractivity contribution is 7.15. The Balaban J connectivity index is 1.75. The van der Waals surface area contributed by atoms with Crippen LogP contribution in [0, 0.1) is 6.92 Å². The molecule has 0 aliphatic heterocycles. The Morgan fingerprint density at radius 1 is 1.25 bits per heavy atom. The molecule has 3 heterocycles. The van der Waals surface area contributed by atoms with Crippen LogP contribution >= 0.6 is 11.3 Å². The van der Waals surface area contributed by atoms with Gasteiger partial charge in [-0.3, -0.25) is 10.1 Å². The maximum absolute atomic E-state index is 12.5. The zero-order valence-electron chi connectivity index (χ0n) is 13.3. The molecule has 0 saturated heterocycles. The first-order chi connectivity index (χ1) is 11.7. The van der Waals surface area contributed by atoms with Gasteiger partial charge in [-0.2, -0.15) is 0 Å². The number of carbonyl (C=O) groups excluding carboxylic acids is 1. The molecular weight excluding hydrogens is 322 g/mol. The van der Waals surface area contributed by atoms with Gasteiger partial charge in [0.05, 0.1) is 11.2 Å². The highest BCUT2D eigenvalue weighted by atomic mass is 32.1. The van der Waals surface area contributed by atoms with Crippen LogP contribution in [0.1, 0.15) is 28.1 Å². The van der Waals surface area contributed by atoms with E-state index in [9.17, 15) is 4.79 Å². The second-order valence-corrected chi connectivity index (χ2v) is 6.56. The minimum atomic E-state index is -0.274. The van der Waals surface area contributed by atoms with Gasteiger partial charge in [-0.15, -0.1) is 10.2 Å². The lowest BCUT2D eigenvalue weighted by molar-refractivity contribution is 0.102. The Kier molecular flexibility index (Phi) is 3.50. The average Bonchev–Trinajstić information content (AvgIpc) is 3.19. The number of hydrogen-bond acceptors (Lipinski definition) is 5. The summed E-state index contributed by atoms with van der Waals surface area (Å²) in [5, 5.41) is 14.2. The fourth-order valence-electron chi connectivity index (χ4n) is 2.73. The molecule has 6 nitrogen and oxygen atoms in total. The maximum atomic E-state index is 12.5. The van der Waals surface area contributed by atoms with Crippen LogP contribution in [0.2, 0.25) is 0 Å². The number of H-pyrrole nitrogens is 1. The second-order valence-electron chi connectivity index (χ2n) is 5.49. The minimum absolute atomic E-state index is 0.274. The third kappa shape index (κ3) is 2.43. The smallest absolute Gasteiger partial charge is 0.276 e. The molecule has 0 aliphatic carbocycles. The first-order valence-corrected chi connectivity index (χ1v) is 8.49. The molecule has 0 saturated carbocycles. The molecule has 2 N–H and O–H groups in total. The molecular formula is C17H15N5OS. The number of nitrogens with zero attached hydrogens (tertiary/aromatic N) is 3. The number of aromatic amines is 1. The van der Waals surface area contributed by atoms with Gasteiger partial charge in [0.1, 0.15) is 10.7 Å². The molecule has 0 fully saturated rings. The summed E-state index contributed by atoms with van der Waals surface area (Å²) in [7, 11) is 0. The van der Waals surface area contributed by atoms with Gasteiger partial charge in [0.2, 0.25) is 5.13 Å². The number of nitrogens with one attached hydrogen (secondary N) is 2. The van der Waals surface area contributed by atoms with Crippen molar-refractivity contribution in [3.63, 3.8) is 0 Å². The van der Waals surface area contributed by atoms with Crippen LogP contribution in [0.3, 0.4) is 0 Å². The predicted molar refractivity (Wildman–Crippen MR) is 95.6 cm³/mol. The van der Waals surface area contributed by atoms with Crippen molar-refractivity contribution in [2.75, 3.05) is 5.32 Å². The number of rotatable bonds is 3. The highest BCUT2D eigenvalue weighted by Gasteiger charge is 2.15. The zero-order chi connectivity index (χ0) is 16.7. The summed E-state index contributed by atoms with van der Waals surface area (Å²) in [6.07, 6.45) is 0.798. The van der Waals surface area contributed by atoms with Crippen molar-refractivity contribution in [3.05, 3.63) is 46.7 Å². The van der Waals surface area contributed by atoms with Crippen molar-refractivity contribution in [1.29, 1.82) is 0 Å². The van der Waals surface area contributed by atoms with Crippen molar-refractivity contribution < 1.29 is 4.79 Å². The normalized spacial score (nSPS) is 11.2. The number of hydrogen-bond donors (Lipinski definition) is 2. The van der Waals surface area contributed by atoms with E-state index in [1.807, 2.05) is 44.2 Å². The predicted octanol–water partition coefficient (Wildman–Crippen LogP) is 3.69. The SMILES string of the molecule is CCc1nnc(NC(=O)c2cc3c([nH]c4ccccc43)c(C)n2)s1. The molecule has 120 valence electrons. The summed E-state index contributed by atoms with van der Waals surface area (Å²) in [5.74, 6) is -0.274. The molecule has 3 aromatic heterocycles. The van der Waals surface area contributed by atoms with Crippen molar-refractivity contribution in [3.8, 4) is 0 Å². The lowest BCUT2D eigenvalue weighted by Gasteiger charge is -2.03. The molecule has 1 amide bonds. The van der Waals surface area contributed by atoms with E-state index in [4.69, 9.17) is 0 Å². The van der Waals surface area contributed by atoms with Gasteiger partial charge >= 0.3 is 0 Å². The molecule has 0 atom stereocenters. The summed E-state index contributed by atoms with van der Waals surface area (Å²) in [6, 6.07) is 9.83. The van der Waals surface area contributed by atoms with E-state index in [2.05, 4.69) is 25.5 Å². The quantitative estimate of drug-likeness (QED) is 0.597. The number of aryl methyl sites for hydroxylation is 2. The highest BCUT2D eigenvalue weighted by Crippen LogP contribution is 2.27. The topological polar surface area (TPSA) is 83.6 Å². The Bertz CT molecular complexity index is 1070. The van der Waals surface area contributed by atoms with Crippen LogP contribution in [-0.2, 0) is 6.42 Å². The first kappa shape index (κ1) is 14.8. The number of anilines is 1. The molecule has 0 radical (unpaired) electrons. The van der Waals surface area contributed by atoms with Gasteiger partial charge in [-0.05, 0) is 25.5 Å². The van der Waals surface area contributed by atoms with Gasteiger partial charge in [-0.1, -0.05) is 36.5 Å². The molecule has 1 aromatic carbocycles. The number of fused-ring (bicyclic) bond motifs is 3. The Morgan fingerprint density at radius 2 is 2.08 bits per heavy atom. The Hall–Kier alpha value is -2.80. The zero-order valence-corrected chi connectivity index (χ0v) is 14.1. The van der Waals surface area contributed by atoms with Crippen molar-refractivity contribution >= 4 is 44.2 Å². The summed E-state index contributed by atoms with van der Waals surface area (Å²) in [5.41, 5.74) is 3.15. The van der Waals surface area contributed by atoms with E-state index in [-0.39, 0.29) is 5.91 Å². The van der Waals surface area contributed by atoms with Crippen LogP contribution in [-0.4, -0.2) is 26.1 Å². The molecule has 7 heteroatoms. The lowest BCUT2D eigenvalue weighted by Crippen LogP contribution is -2.14. The standard InChI is InChI=1S/C17H15N5OS/c1-3-14-21-22-17(24-14)20-16(23)13-8-11-10-6-4-5-7-12(10)19-15(11)9(2)18-13/h4-8,19H,3H2,1-2H3,(H,20,22,23). The number of pyridine rings is 1. The Morgan fingerprint density at radius 3 is 2.88 bits per heavy atom. The third-order valence-corrected chi connectivity index (χ3v) is 4.88. The molecule has 0 spiro atoms. The van der Waals surface area contributed by atoms with Crippen LogP contribution in [0.5, 0.6) is 0 Å². The third-order valence-electron chi connectivity index (χ3n) is 3.90. The van der Waals surface area contributed by atoms with Crippen LogP contribution in [0.15, 0.2) is 30.3 Å². The molecule has 4 rings (SSSR count). The number of amides is 1. The van der Waals surface area contributed by atoms with Crippen LogP contribution in [0.25, 0.3) is 21.8 Å². The number of aromatic nitrogens is 4. The molecule has 0 aliphatic rings. The molecule has 0 bridgehead atoms. The summed E-state index contributed by atoms with van der Waals surface area (Å²) in [4.78, 5) is 20.3. The minimum Gasteiger partial charge on any atom is -0.353 e. The van der Waals surface area contributed by atoms with Gasteiger partial charge in [0.15, 0.2) is 0 Å². The molecule has 24 heavy (non-hydrogen) atoms. The number of carbonyl (C=O) groups is 1. The van der Waals surface area contributed by atoms with Gasteiger partial charge < -0.3 is 4.98 Å². The number of para-hydroxylation sites is 1. The van der Waals surface area contributed by atoms with Gasteiger partial charge in [0, 0.05) is 16.3 Å². The van der Waals surface area contributed by atoms with Crippen LogP contribution in [0.4, 0.5) is 5.13 Å². The van der Waals surface area contributed by atoms with Crippen molar-refractivity contribution in [2.24, 2.45) is 0 Å². The summed E-state index contributed by atoms with van der Waals surface area (Å²) >= 11 is 1.38. The van der Waals surface area contributed by atoms with E-state index < -0.39 is 0 Å². The fourth-order valence-corrected chi connectivity index (χ4v) is 3.40. The van der Waals surface area contributed by atoms with Gasteiger partial charge in [-0.25, -0.2) is 4.98 Å². The summed E-state index contributed by atoms with van der Waals surface area (Å²) < 4.78 is 0. The van der Waals surface area contributed by atoms with Crippen LogP contribution < -0.4 is 5.32 Å². The van der Waals surface area contributed by atoms with E-state index in [1.54, 1.807) is 0 Å². The van der Waals surface area contributed by atoms with Crippen molar-refractivity contribution in [1.82, 2.24) is 20.2 Å². The summed E-state index contributed by atoms with van der Waals surface area (Å²) in [6.45, 7) is 3.90. The van der Waals surface area contributed by atoms with Crippen molar-refractivity contribution in [2.45, 2.75) is 20.3 Å². The maximum Gasteiger partial charge on any atom is 0.276 e. The second kappa shape index (κ2) is 5.68. The first-order valence-electron chi connectivity index (χ1n) is 7.67. The van der Waals surface area contributed by atoms with E-state index in [0.29, 0.717) is 10.8 Å². The number of benzene rings is 1.